The van der Waals surface area contributed by atoms with Crippen molar-refractivity contribution in [3.8, 4) is 0 Å². The number of benzene rings is 2. The number of nitrogens with one attached hydrogen (secondary N) is 2. The molecule has 0 atom stereocenters. The van der Waals surface area contributed by atoms with Gasteiger partial charge in [0.15, 0.2) is 5.11 Å². The fourth-order valence-electron chi connectivity index (χ4n) is 2.74. The van der Waals surface area contributed by atoms with E-state index in [1.54, 1.807) is 18.2 Å². The molecule has 2 N–H and O–H groups in total. The first-order chi connectivity index (χ1) is 12.0. The molecule has 1 heterocycles. The van der Waals surface area contributed by atoms with Gasteiger partial charge >= 0.3 is 0 Å². The Morgan fingerprint density at radius 2 is 1.72 bits per heavy atom. The van der Waals surface area contributed by atoms with Gasteiger partial charge in [-0.15, -0.1) is 0 Å². The van der Waals surface area contributed by atoms with Crippen LogP contribution in [0.25, 0.3) is 0 Å². The summed E-state index contributed by atoms with van der Waals surface area (Å²) in [4.78, 5) is 14.6. The molecule has 0 aliphatic carbocycles. The van der Waals surface area contributed by atoms with Crippen LogP contribution in [0.2, 0.25) is 10.0 Å². The molecule has 0 radical (unpaired) electrons. The molecule has 130 valence electrons. The number of rotatable bonds is 3. The number of halogens is 2. The fraction of sp³-hybridized carbons (Fsp3) is 0.222. The Morgan fingerprint density at radius 1 is 1.04 bits per heavy atom. The Hall–Kier alpha value is -1.82. The summed E-state index contributed by atoms with van der Waals surface area (Å²) in [5, 5.41) is 6.35. The topological polar surface area (TPSA) is 44.4 Å². The Morgan fingerprint density at radius 3 is 2.40 bits per heavy atom. The molecule has 2 aromatic carbocycles. The molecule has 0 bridgehead atoms. The molecular formula is C18H17Cl2N3OS. The lowest BCUT2D eigenvalue weighted by Crippen LogP contribution is -2.34. The number of amides is 1. The number of thiocarbonyl (C=S) groups is 1. The van der Waals surface area contributed by atoms with Crippen molar-refractivity contribution in [3.63, 3.8) is 0 Å². The van der Waals surface area contributed by atoms with Crippen LogP contribution >= 0.6 is 35.4 Å². The van der Waals surface area contributed by atoms with Crippen molar-refractivity contribution < 1.29 is 4.79 Å². The summed E-state index contributed by atoms with van der Waals surface area (Å²) < 4.78 is 0. The smallest absolute Gasteiger partial charge is 0.258 e. The minimum absolute atomic E-state index is 0.204. The van der Waals surface area contributed by atoms with Crippen LogP contribution in [-0.4, -0.2) is 24.1 Å². The molecule has 1 amide bonds. The highest BCUT2D eigenvalue weighted by atomic mass is 35.5. The predicted octanol–water partition coefficient (Wildman–Crippen LogP) is 4.72. The van der Waals surface area contributed by atoms with Gasteiger partial charge in [-0.25, -0.2) is 0 Å². The van der Waals surface area contributed by atoms with Crippen molar-refractivity contribution in [2.24, 2.45) is 0 Å². The summed E-state index contributed by atoms with van der Waals surface area (Å²) in [5.74, 6) is -0.404. The maximum atomic E-state index is 12.3. The summed E-state index contributed by atoms with van der Waals surface area (Å²) in [6.45, 7) is 2.20. The Kier molecular flexibility index (Phi) is 5.78. The van der Waals surface area contributed by atoms with Crippen LogP contribution in [0.4, 0.5) is 11.4 Å². The van der Waals surface area contributed by atoms with E-state index in [4.69, 9.17) is 35.4 Å². The quantitative estimate of drug-likeness (QED) is 0.740. The molecule has 3 rings (SSSR count). The zero-order chi connectivity index (χ0) is 17.8. The zero-order valence-electron chi connectivity index (χ0n) is 13.4. The number of hydrogen-bond acceptors (Lipinski definition) is 3. The van der Waals surface area contributed by atoms with Gasteiger partial charge in [0.25, 0.3) is 5.91 Å². The number of nitrogens with zero attached hydrogens (tertiary/aromatic N) is 1. The van der Waals surface area contributed by atoms with Gasteiger partial charge in [0.1, 0.15) is 0 Å². The monoisotopic (exact) mass is 393 g/mol. The average molecular weight is 394 g/mol. The lowest BCUT2D eigenvalue weighted by atomic mass is 10.2. The van der Waals surface area contributed by atoms with E-state index in [1.807, 2.05) is 24.3 Å². The summed E-state index contributed by atoms with van der Waals surface area (Å²) in [5.41, 5.74) is 2.29. The third-order valence-corrected chi connectivity index (χ3v) is 5.04. The molecule has 0 unspecified atom stereocenters. The first kappa shape index (κ1) is 18.0. The molecule has 0 spiro atoms. The van der Waals surface area contributed by atoms with Gasteiger partial charge in [0.05, 0.1) is 15.6 Å². The third-order valence-electron chi connectivity index (χ3n) is 4.02. The normalized spacial score (nSPS) is 13.6. The predicted molar refractivity (Wildman–Crippen MR) is 108 cm³/mol. The highest BCUT2D eigenvalue weighted by Gasteiger charge is 2.14. The van der Waals surface area contributed by atoms with Crippen LogP contribution in [0.15, 0.2) is 42.5 Å². The Balaban J connectivity index is 1.60. The van der Waals surface area contributed by atoms with Crippen molar-refractivity contribution in [1.82, 2.24) is 5.32 Å². The molecule has 0 aromatic heterocycles. The number of carbonyl (C=O) groups excluding carboxylic acids is 1. The molecule has 25 heavy (non-hydrogen) atoms. The van der Waals surface area contributed by atoms with E-state index >= 15 is 0 Å². The van der Waals surface area contributed by atoms with E-state index in [1.165, 1.54) is 18.5 Å². The van der Waals surface area contributed by atoms with Crippen molar-refractivity contribution in [3.05, 3.63) is 58.1 Å². The van der Waals surface area contributed by atoms with Crippen LogP contribution < -0.4 is 15.5 Å². The van der Waals surface area contributed by atoms with Crippen molar-refractivity contribution in [2.75, 3.05) is 23.3 Å². The number of carbonyl (C=O) groups is 1. The van der Waals surface area contributed by atoms with Crippen LogP contribution in [-0.2, 0) is 0 Å². The standard InChI is InChI=1S/C18H17Cl2N3OS/c19-15-5-3-4-14(16(15)20)17(24)22-18(25)21-12-6-8-13(9-7-12)23-10-1-2-11-23/h3-9H,1-2,10-11H2,(H2,21,22,24,25). The highest BCUT2D eigenvalue weighted by Crippen LogP contribution is 2.25. The second-order valence-electron chi connectivity index (χ2n) is 5.75. The second kappa shape index (κ2) is 8.04. The SMILES string of the molecule is O=C(NC(=S)Nc1ccc(N2CCCC2)cc1)c1cccc(Cl)c1Cl. The van der Waals surface area contributed by atoms with Crippen LogP contribution in [0.5, 0.6) is 0 Å². The van der Waals surface area contributed by atoms with E-state index in [-0.39, 0.29) is 15.7 Å². The molecule has 1 fully saturated rings. The summed E-state index contributed by atoms with van der Waals surface area (Å²) in [6, 6.07) is 12.9. The van der Waals surface area contributed by atoms with Crippen LogP contribution in [0.1, 0.15) is 23.2 Å². The molecule has 1 saturated heterocycles. The lowest BCUT2D eigenvalue weighted by molar-refractivity contribution is 0.0978. The Labute approximate surface area is 162 Å². The molecule has 1 aliphatic rings. The van der Waals surface area contributed by atoms with Crippen LogP contribution in [0, 0.1) is 0 Å². The summed E-state index contributed by atoms with van der Waals surface area (Å²) in [7, 11) is 0. The maximum absolute atomic E-state index is 12.3. The van der Waals surface area contributed by atoms with Crippen molar-refractivity contribution in [1.29, 1.82) is 0 Å². The van der Waals surface area contributed by atoms with Gasteiger partial charge in [0.2, 0.25) is 0 Å². The van der Waals surface area contributed by atoms with Gasteiger partial charge in [-0.2, -0.15) is 0 Å². The molecule has 1 aliphatic heterocycles. The van der Waals surface area contributed by atoms with Gasteiger partial charge in [-0.05, 0) is 61.5 Å². The molecule has 7 heteroatoms. The zero-order valence-corrected chi connectivity index (χ0v) is 15.7. The minimum Gasteiger partial charge on any atom is -0.372 e. The van der Waals surface area contributed by atoms with E-state index in [2.05, 4.69) is 15.5 Å². The number of anilines is 2. The minimum atomic E-state index is -0.404. The first-order valence-electron chi connectivity index (χ1n) is 7.96. The Bertz CT molecular complexity index is 789. The van der Waals surface area contributed by atoms with Gasteiger partial charge in [-0.3, -0.25) is 10.1 Å². The molecule has 4 nitrogen and oxygen atoms in total. The fourth-order valence-corrected chi connectivity index (χ4v) is 3.34. The summed E-state index contributed by atoms with van der Waals surface area (Å²) >= 11 is 17.2. The number of hydrogen-bond donors (Lipinski definition) is 2. The van der Waals surface area contributed by atoms with Gasteiger partial charge < -0.3 is 10.2 Å². The van der Waals surface area contributed by atoms with Crippen molar-refractivity contribution in [2.45, 2.75) is 12.8 Å². The van der Waals surface area contributed by atoms with Crippen LogP contribution in [0.3, 0.4) is 0 Å². The summed E-state index contributed by atoms with van der Waals surface area (Å²) in [6.07, 6.45) is 2.48. The third kappa shape index (κ3) is 4.42. The van der Waals surface area contributed by atoms with E-state index in [0.29, 0.717) is 5.02 Å². The van der Waals surface area contributed by atoms with Crippen molar-refractivity contribution >= 4 is 57.8 Å². The van der Waals surface area contributed by atoms with E-state index in [9.17, 15) is 4.79 Å². The lowest BCUT2D eigenvalue weighted by Gasteiger charge is -2.18. The van der Waals surface area contributed by atoms with E-state index < -0.39 is 5.91 Å². The second-order valence-corrected chi connectivity index (χ2v) is 6.94. The highest BCUT2D eigenvalue weighted by molar-refractivity contribution is 7.80. The maximum Gasteiger partial charge on any atom is 0.258 e. The van der Waals surface area contributed by atoms with Gasteiger partial charge in [-0.1, -0.05) is 29.3 Å². The van der Waals surface area contributed by atoms with Gasteiger partial charge in [0, 0.05) is 24.5 Å². The molecule has 0 saturated carbocycles. The first-order valence-corrected chi connectivity index (χ1v) is 9.12. The molecular weight excluding hydrogens is 377 g/mol. The molecule has 2 aromatic rings. The average Bonchev–Trinajstić information content (AvgIpc) is 3.12. The van der Waals surface area contributed by atoms with E-state index in [0.717, 1.165) is 18.8 Å². The largest absolute Gasteiger partial charge is 0.372 e.